The van der Waals surface area contributed by atoms with Crippen molar-refractivity contribution < 1.29 is 0 Å². The van der Waals surface area contributed by atoms with Gasteiger partial charge in [-0.1, -0.05) is 20.3 Å². The lowest BCUT2D eigenvalue weighted by molar-refractivity contribution is 0.162. The first-order valence-electron chi connectivity index (χ1n) is 8.35. The molecule has 0 amide bonds. The van der Waals surface area contributed by atoms with Crippen LogP contribution in [-0.2, 0) is 0 Å². The lowest BCUT2D eigenvalue weighted by atomic mass is 9.70. The maximum atomic E-state index is 6.13. The Labute approximate surface area is 119 Å². The molecular weight excluding hydrogens is 232 g/mol. The van der Waals surface area contributed by atoms with Crippen LogP contribution in [0.2, 0.25) is 0 Å². The molecule has 2 nitrogen and oxygen atoms in total. The van der Waals surface area contributed by atoms with Crippen molar-refractivity contribution in [2.24, 2.45) is 34.4 Å². The summed E-state index contributed by atoms with van der Waals surface area (Å²) in [6.45, 7) is 8.43. The van der Waals surface area contributed by atoms with Gasteiger partial charge >= 0.3 is 0 Å². The van der Waals surface area contributed by atoms with Crippen molar-refractivity contribution in [2.75, 3.05) is 0 Å². The van der Waals surface area contributed by atoms with E-state index in [1.165, 1.54) is 51.4 Å². The number of hydrogen-bond acceptors (Lipinski definition) is 2. The molecule has 2 saturated carbocycles. The maximum absolute atomic E-state index is 6.13. The van der Waals surface area contributed by atoms with Gasteiger partial charge in [-0.2, -0.15) is 0 Å². The Morgan fingerprint density at radius 3 is 2.42 bits per heavy atom. The molecule has 110 valence electrons. The molecule has 2 heteroatoms. The van der Waals surface area contributed by atoms with E-state index < -0.39 is 0 Å². The highest BCUT2D eigenvalue weighted by molar-refractivity contribution is 5.24. The van der Waals surface area contributed by atoms with E-state index in [2.05, 4.69) is 25.6 Å². The van der Waals surface area contributed by atoms with Crippen molar-refractivity contribution in [2.45, 2.75) is 77.3 Å². The van der Waals surface area contributed by atoms with Gasteiger partial charge in [-0.15, -0.1) is 0 Å². The number of aliphatic imine (C=N–C) groups is 1. The first-order chi connectivity index (χ1) is 9.13. The number of rotatable bonds is 4. The zero-order valence-corrected chi connectivity index (χ0v) is 12.9. The molecule has 6 unspecified atom stereocenters. The predicted molar refractivity (Wildman–Crippen MR) is 83.6 cm³/mol. The minimum Gasteiger partial charge on any atom is -0.327 e. The standard InChI is InChI=1S/C17H32N2/c1-4-15-11-14(6-8-17(15)19-3)10-13-5-7-16(18)12(2)9-13/h12-17H,3-11,18H2,1-2H3. The number of hydrogen-bond donors (Lipinski definition) is 1. The summed E-state index contributed by atoms with van der Waals surface area (Å²) in [7, 11) is 0. The third kappa shape index (κ3) is 3.81. The van der Waals surface area contributed by atoms with Crippen molar-refractivity contribution in [3.05, 3.63) is 0 Å². The highest BCUT2D eigenvalue weighted by Crippen LogP contribution is 2.40. The average molecular weight is 264 g/mol. The molecule has 2 aliphatic rings. The number of nitrogens with zero attached hydrogens (tertiary/aromatic N) is 1. The van der Waals surface area contributed by atoms with E-state index >= 15 is 0 Å². The maximum Gasteiger partial charge on any atom is 0.0520 e. The summed E-state index contributed by atoms with van der Waals surface area (Å²) in [5.41, 5.74) is 6.13. The van der Waals surface area contributed by atoms with Gasteiger partial charge in [0, 0.05) is 6.04 Å². The summed E-state index contributed by atoms with van der Waals surface area (Å²) >= 11 is 0. The Hall–Kier alpha value is -0.370. The molecule has 2 aliphatic carbocycles. The van der Waals surface area contributed by atoms with E-state index in [0.717, 1.165) is 23.7 Å². The van der Waals surface area contributed by atoms with Gasteiger partial charge in [0.15, 0.2) is 0 Å². The second-order valence-electron chi connectivity index (χ2n) is 7.15. The highest BCUT2D eigenvalue weighted by Gasteiger charge is 2.32. The Kier molecular flexibility index (Phi) is 5.44. The first-order valence-corrected chi connectivity index (χ1v) is 8.35. The van der Waals surface area contributed by atoms with Crippen LogP contribution < -0.4 is 5.73 Å². The average Bonchev–Trinajstić information content (AvgIpc) is 2.43. The fraction of sp³-hybridized carbons (Fsp3) is 0.941. The highest BCUT2D eigenvalue weighted by atomic mass is 14.8. The zero-order valence-electron chi connectivity index (χ0n) is 12.9. The minimum absolute atomic E-state index is 0.459. The molecule has 0 aliphatic heterocycles. The molecule has 0 bridgehead atoms. The van der Waals surface area contributed by atoms with E-state index in [1.807, 2.05) is 0 Å². The molecule has 0 heterocycles. The van der Waals surface area contributed by atoms with Crippen LogP contribution in [0.4, 0.5) is 0 Å². The monoisotopic (exact) mass is 264 g/mol. The molecule has 0 radical (unpaired) electrons. The van der Waals surface area contributed by atoms with Crippen molar-refractivity contribution in [3.63, 3.8) is 0 Å². The van der Waals surface area contributed by atoms with Crippen LogP contribution in [0.3, 0.4) is 0 Å². The molecule has 0 aromatic carbocycles. The van der Waals surface area contributed by atoms with E-state index in [9.17, 15) is 0 Å². The first kappa shape index (κ1) is 15.0. The quantitative estimate of drug-likeness (QED) is 0.765. The third-order valence-corrected chi connectivity index (χ3v) is 5.82. The minimum atomic E-state index is 0.459. The SMILES string of the molecule is C=NC1CCC(CC2CCC(N)C(C)C2)CC1CC. The molecular formula is C17H32N2. The Balaban J connectivity index is 1.82. The molecule has 0 saturated heterocycles. The van der Waals surface area contributed by atoms with E-state index in [1.54, 1.807) is 0 Å². The van der Waals surface area contributed by atoms with Crippen LogP contribution in [0.1, 0.15) is 65.2 Å². The van der Waals surface area contributed by atoms with Crippen LogP contribution in [-0.4, -0.2) is 18.8 Å². The summed E-state index contributed by atoms with van der Waals surface area (Å²) in [6.07, 6.45) is 10.7. The second-order valence-corrected chi connectivity index (χ2v) is 7.15. The Morgan fingerprint density at radius 1 is 1.11 bits per heavy atom. The van der Waals surface area contributed by atoms with Crippen LogP contribution >= 0.6 is 0 Å². The van der Waals surface area contributed by atoms with Crippen molar-refractivity contribution in [3.8, 4) is 0 Å². The van der Waals surface area contributed by atoms with Gasteiger partial charge in [-0.25, -0.2) is 0 Å². The lowest BCUT2D eigenvalue weighted by Gasteiger charge is -2.38. The number of nitrogens with two attached hydrogens (primary N) is 1. The van der Waals surface area contributed by atoms with Crippen LogP contribution in [0.5, 0.6) is 0 Å². The normalized spacial score (nSPS) is 43.9. The fourth-order valence-electron chi connectivity index (χ4n) is 4.46. The molecule has 2 N–H and O–H groups in total. The fourth-order valence-corrected chi connectivity index (χ4v) is 4.46. The van der Waals surface area contributed by atoms with Crippen molar-refractivity contribution >= 4 is 6.72 Å². The topological polar surface area (TPSA) is 38.4 Å². The smallest absolute Gasteiger partial charge is 0.0520 e. The molecule has 0 aromatic heterocycles. The molecule has 0 aromatic rings. The summed E-state index contributed by atoms with van der Waals surface area (Å²) in [5, 5.41) is 0. The van der Waals surface area contributed by atoms with Gasteiger partial charge in [-0.3, -0.25) is 4.99 Å². The van der Waals surface area contributed by atoms with Gasteiger partial charge in [0.05, 0.1) is 6.04 Å². The van der Waals surface area contributed by atoms with Crippen LogP contribution in [0, 0.1) is 23.7 Å². The van der Waals surface area contributed by atoms with Crippen LogP contribution in [0.15, 0.2) is 4.99 Å². The molecule has 6 atom stereocenters. The van der Waals surface area contributed by atoms with Crippen molar-refractivity contribution in [1.29, 1.82) is 0 Å². The van der Waals surface area contributed by atoms with Crippen LogP contribution in [0.25, 0.3) is 0 Å². The molecule has 2 fully saturated rings. The lowest BCUT2D eigenvalue weighted by Crippen LogP contribution is -2.35. The summed E-state index contributed by atoms with van der Waals surface area (Å²) in [4.78, 5) is 4.34. The van der Waals surface area contributed by atoms with Gasteiger partial charge in [0.1, 0.15) is 0 Å². The van der Waals surface area contributed by atoms with E-state index in [0.29, 0.717) is 12.1 Å². The molecule has 19 heavy (non-hydrogen) atoms. The van der Waals surface area contributed by atoms with Gasteiger partial charge in [-0.05, 0) is 75.3 Å². The third-order valence-electron chi connectivity index (χ3n) is 5.82. The second kappa shape index (κ2) is 6.88. The predicted octanol–water partition coefficient (Wildman–Crippen LogP) is 4.04. The van der Waals surface area contributed by atoms with Crippen molar-refractivity contribution in [1.82, 2.24) is 0 Å². The van der Waals surface area contributed by atoms with Gasteiger partial charge in [0.2, 0.25) is 0 Å². The van der Waals surface area contributed by atoms with E-state index in [-0.39, 0.29) is 0 Å². The molecule has 0 spiro atoms. The van der Waals surface area contributed by atoms with Gasteiger partial charge < -0.3 is 5.73 Å². The summed E-state index contributed by atoms with van der Waals surface area (Å²) in [5.74, 6) is 3.39. The summed E-state index contributed by atoms with van der Waals surface area (Å²) in [6, 6.07) is 1.00. The Bertz CT molecular complexity index is 289. The zero-order chi connectivity index (χ0) is 13.8. The molecule has 2 rings (SSSR count). The largest absolute Gasteiger partial charge is 0.327 e. The van der Waals surface area contributed by atoms with E-state index in [4.69, 9.17) is 5.73 Å². The summed E-state index contributed by atoms with van der Waals surface area (Å²) < 4.78 is 0. The van der Waals surface area contributed by atoms with Gasteiger partial charge in [0.25, 0.3) is 0 Å². The Morgan fingerprint density at radius 2 is 1.79 bits per heavy atom.